The summed E-state index contributed by atoms with van der Waals surface area (Å²) < 4.78 is 17.6. The largest absolute Gasteiger partial charge is 0.497 e. The van der Waals surface area contributed by atoms with Crippen LogP contribution in [0.3, 0.4) is 0 Å². The Balaban J connectivity index is 1.56. The molecule has 2 aromatic carbocycles. The van der Waals surface area contributed by atoms with Gasteiger partial charge in [0.05, 0.1) is 18.5 Å². The first-order chi connectivity index (χ1) is 15.7. The van der Waals surface area contributed by atoms with Crippen LogP contribution in [0.2, 0.25) is 0 Å². The van der Waals surface area contributed by atoms with Gasteiger partial charge in [-0.1, -0.05) is 25.1 Å². The zero-order valence-corrected chi connectivity index (χ0v) is 17.8. The number of para-hydroxylation sites is 1. The molecule has 0 aliphatic heterocycles. The maximum Gasteiger partial charge on any atom is 0.331 e. The van der Waals surface area contributed by atoms with Crippen LogP contribution in [0.15, 0.2) is 71.3 Å². The van der Waals surface area contributed by atoms with Gasteiger partial charge in [0.1, 0.15) is 5.75 Å². The van der Waals surface area contributed by atoms with Crippen LogP contribution in [-0.2, 0) is 22.6 Å². The van der Waals surface area contributed by atoms with Crippen LogP contribution < -0.4 is 4.74 Å². The van der Waals surface area contributed by atoms with Gasteiger partial charge in [0, 0.05) is 29.8 Å². The van der Waals surface area contributed by atoms with Gasteiger partial charge in [-0.05, 0) is 42.5 Å². The standard InChI is InChI=1S/C24H22N4O4/c1-3-21-25-26-22(32-21)16-31-23(29)14-11-18-15-28(19-7-5-4-6-8-19)27-24(18)17-9-12-20(30-2)13-10-17/h4-15H,3,16H2,1-2H3/b14-11+. The minimum Gasteiger partial charge on any atom is -0.497 e. The van der Waals surface area contributed by atoms with Crippen molar-refractivity contribution in [2.24, 2.45) is 0 Å². The first-order valence-corrected chi connectivity index (χ1v) is 10.1. The van der Waals surface area contributed by atoms with E-state index in [1.807, 2.05) is 67.7 Å². The molecular weight excluding hydrogens is 408 g/mol. The Bertz CT molecular complexity index is 1210. The van der Waals surface area contributed by atoms with Crippen molar-refractivity contribution in [3.05, 3.63) is 84.2 Å². The lowest BCUT2D eigenvalue weighted by molar-refractivity contribution is -0.139. The van der Waals surface area contributed by atoms with Crippen LogP contribution in [-0.4, -0.2) is 33.1 Å². The van der Waals surface area contributed by atoms with E-state index in [4.69, 9.17) is 19.0 Å². The number of ether oxygens (including phenoxy) is 2. The highest BCUT2D eigenvalue weighted by molar-refractivity contribution is 5.88. The fourth-order valence-electron chi connectivity index (χ4n) is 3.02. The molecule has 0 aliphatic rings. The highest BCUT2D eigenvalue weighted by Crippen LogP contribution is 2.26. The molecule has 2 aromatic heterocycles. The normalized spacial score (nSPS) is 11.1. The zero-order chi connectivity index (χ0) is 22.3. The number of nitrogens with zero attached hydrogens (tertiary/aromatic N) is 4. The Morgan fingerprint density at radius 3 is 2.50 bits per heavy atom. The molecule has 32 heavy (non-hydrogen) atoms. The lowest BCUT2D eigenvalue weighted by atomic mass is 10.1. The molecule has 0 radical (unpaired) electrons. The predicted octanol–water partition coefficient (Wildman–Crippen LogP) is 4.25. The Labute approximate surface area is 185 Å². The number of rotatable bonds is 8. The van der Waals surface area contributed by atoms with Crippen molar-refractivity contribution < 1.29 is 18.7 Å². The van der Waals surface area contributed by atoms with E-state index in [0.717, 1.165) is 28.3 Å². The molecule has 162 valence electrons. The van der Waals surface area contributed by atoms with Crippen LogP contribution in [0.1, 0.15) is 24.3 Å². The van der Waals surface area contributed by atoms with Gasteiger partial charge in [0.25, 0.3) is 5.89 Å². The summed E-state index contributed by atoms with van der Waals surface area (Å²) in [6, 6.07) is 17.3. The number of hydrogen-bond donors (Lipinski definition) is 0. The minimum atomic E-state index is -0.519. The van der Waals surface area contributed by atoms with E-state index in [0.29, 0.717) is 12.3 Å². The summed E-state index contributed by atoms with van der Waals surface area (Å²) in [5, 5.41) is 12.4. The molecule has 4 aromatic rings. The number of benzene rings is 2. The summed E-state index contributed by atoms with van der Waals surface area (Å²) in [6.45, 7) is 1.83. The summed E-state index contributed by atoms with van der Waals surface area (Å²) in [4.78, 5) is 12.2. The molecule has 0 unspecified atom stereocenters. The number of esters is 1. The smallest absolute Gasteiger partial charge is 0.331 e. The van der Waals surface area contributed by atoms with Gasteiger partial charge in [-0.3, -0.25) is 0 Å². The summed E-state index contributed by atoms with van der Waals surface area (Å²) in [5.41, 5.74) is 3.30. The molecule has 4 rings (SSSR count). The summed E-state index contributed by atoms with van der Waals surface area (Å²) in [6.07, 6.45) is 5.53. The quantitative estimate of drug-likeness (QED) is 0.305. The first-order valence-electron chi connectivity index (χ1n) is 10.1. The Kier molecular flexibility index (Phi) is 6.41. The molecule has 0 fully saturated rings. The van der Waals surface area contributed by atoms with Crippen LogP contribution >= 0.6 is 0 Å². The van der Waals surface area contributed by atoms with Crippen molar-refractivity contribution >= 4 is 12.0 Å². The summed E-state index contributed by atoms with van der Waals surface area (Å²) in [5.74, 6) is 1.00. The molecule has 0 aliphatic carbocycles. The predicted molar refractivity (Wildman–Crippen MR) is 118 cm³/mol. The molecule has 0 amide bonds. The summed E-state index contributed by atoms with van der Waals surface area (Å²) in [7, 11) is 1.62. The number of hydrogen-bond acceptors (Lipinski definition) is 7. The Morgan fingerprint density at radius 1 is 1.06 bits per heavy atom. The second-order valence-corrected chi connectivity index (χ2v) is 6.83. The van der Waals surface area contributed by atoms with Gasteiger partial charge in [0.2, 0.25) is 5.89 Å². The number of methoxy groups -OCH3 is 1. The molecule has 0 spiro atoms. The molecule has 0 bridgehead atoms. The van der Waals surface area contributed by atoms with Gasteiger partial charge >= 0.3 is 5.97 Å². The number of carbonyl (C=O) groups excluding carboxylic acids is 1. The molecule has 2 heterocycles. The third kappa shape index (κ3) is 4.92. The fourth-order valence-corrected chi connectivity index (χ4v) is 3.02. The van der Waals surface area contributed by atoms with Gasteiger partial charge in [-0.15, -0.1) is 10.2 Å². The van der Waals surface area contributed by atoms with Crippen molar-refractivity contribution in [2.75, 3.05) is 7.11 Å². The lowest BCUT2D eigenvalue weighted by Gasteiger charge is -2.02. The van der Waals surface area contributed by atoms with Gasteiger partial charge in [-0.25, -0.2) is 9.48 Å². The van der Waals surface area contributed by atoms with Crippen LogP contribution in [0.5, 0.6) is 5.75 Å². The molecule has 8 nitrogen and oxygen atoms in total. The fraction of sp³-hybridized carbons (Fsp3) is 0.167. The third-order valence-electron chi connectivity index (χ3n) is 4.67. The van der Waals surface area contributed by atoms with E-state index >= 15 is 0 Å². The molecule has 0 atom stereocenters. The first kappa shape index (κ1) is 21.0. The van der Waals surface area contributed by atoms with Crippen molar-refractivity contribution in [3.8, 4) is 22.7 Å². The van der Waals surface area contributed by atoms with Crippen LogP contribution in [0, 0.1) is 0 Å². The van der Waals surface area contributed by atoms with E-state index < -0.39 is 5.97 Å². The second-order valence-electron chi connectivity index (χ2n) is 6.83. The van der Waals surface area contributed by atoms with E-state index in [1.54, 1.807) is 17.9 Å². The van der Waals surface area contributed by atoms with Crippen molar-refractivity contribution in [2.45, 2.75) is 20.0 Å². The number of carbonyl (C=O) groups is 1. The molecule has 0 saturated carbocycles. The minimum absolute atomic E-state index is 0.0786. The van der Waals surface area contributed by atoms with Crippen LogP contribution in [0.25, 0.3) is 23.0 Å². The Hall–Kier alpha value is -4.20. The maximum absolute atomic E-state index is 12.2. The van der Waals surface area contributed by atoms with E-state index in [2.05, 4.69) is 10.2 Å². The molecule has 0 saturated heterocycles. The monoisotopic (exact) mass is 430 g/mol. The third-order valence-corrected chi connectivity index (χ3v) is 4.67. The van der Waals surface area contributed by atoms with Crippen molar-refractivity contribution in [1.82, 2.24) is 20.0 Å². The average Bonchev–Trinajstić information content (AvgIpc) is 3.49. The zero-order valence-electron chi connectivity index (χ0n) is 17.8. The van der Waals surface area contributed by atoms with Gasteiger partial charge in [0.15, 0.2) is 6.61 Å². The average molecular weight is 430 g/mol. The van der Waals surface area contributed by atoms with E-state index in [-0.39, 0.29) is 12.5 Å². The van der Waals surface area contributed by atoms with Crippen molar-refractivity contribution in [1.29, 1.82) is 0 Å². The van der Waals surface area contributed by atoms with Crippen molar-refractivity contribution in [3.63, 3.8) is 0 Å². The SMILES string of the molecule is CCc1nnc(COC(=O)/C=C/c2cn(-c3ccccc3)nc2-c2ccc(OC)cc2)o1. The molecule has 8 heteroatoms. The van der Waals surface area contributed by atoms with Crippen LogP contribution in [0.4, 0.5) is 0 Å². The number of aromatic nitrogens is 4. The topological polar surface area (TPSA) is 92.3 Å². The molecular formula is C24H22N4O4. The maximum atomic E-state index is 12.2. The number of aryl methyl sites for hydroxylation is 1. The highest BCUT2D eigenvalue weighted by Gasteiger charge is 2.12. The summed E-state index contributed by atoms with van der Waals surface area (Å²) >= 11 is 0. The highest BCUT2D eigenvalue weighted by atomic mass is 16.5. The molecule has 0 N–H and O–H groups in total. The Morgan fingerprint density at radius 2 is 1.81 bits per heavy atom. The lowest BCUT2D eigenvalue weighted by Crippen LogP contribution is -2.01. The van der Waals surface area contributed by atoms with Gasteiger partial charge in [-0.2, -0.15) is 5.10 Å². The second kappa shape index (κ2) is 9.74. The van der Waals surface area contributed by atoms with E-state index in [9.17, 15) is 4.79 Å². The van der Waals surface area contributed by atoms with E-state index in [1.165, 1.54) is 6.08 Å². The van der Waals surface area contributed by atoms with Gasteiger partial charge < -0.3 is 13.9 Å².